The summed E-state index contributed by atoms with van der Waals surface area (Å²) < 4.78 is 28.1. The maximum Gasteiger partial charge on any atom is 0.264 e. The van der Waals surface area contributed by atoms with E-state index >= 15 is 0 Å². The Labute approximate surface area is 108 Å². The molecule has 1 aromatic carbocycles. The van der Waals surface area contributed by atoms with Crippen LogP contribution in [0.25, 0.3) is 0 Å². The van der Waals surface area contributed by atoms with Crippen LogP contribution in [-0.4, -0.2) is 29.5 Å². The zero-order valence-corrected chi connectivity index (χ0v) is 11.3. The number of likely N-dealkylation sites (tertiary alicyclic amines) is 1. The van der Waals surface area contributed by atoms with E-state index in [0.29, 0.717) is 13.0 Å². The van der Waals surface area contributed by atoms with Crippen LogP contribution in [0, 0.1) is 5.92 Å². The molecule has 0 saturated carbocycles. The fraction of sp³-hybridized carbons (Fsp3) is 0.600. The molecule has 0 aliphatic carbocycles. The summed E-state index contributed by atoms with van der Waals surface area (Å²) in [6.45, 7) is 6.34. The van der Waals surface area contributed by atoms with Crippen molar-refractivity contribution in [1.29, 1.82) is 0 Å². The molecule has 0 spiro atoms. The van der Waals surface area contributed by atoms with Crippen LogP contribution in [0.4, 0.5) is 8.78 Å². The summed E-state index contributed by atoms with van der Waals surface area (Å²) >= 11 is 0. The van der Waals surface area contributed by atoms with E-state index in [9.17, 15) is 8.78 Å². The third kappa shape index (κ3) is 2.89. The first-order valence-corrected chi connectivity index (χ1v) is 6.46. The van der Waals surface area contributed by atoms with Gasteiger partial charge in [-0.15, -0.1) is 0 Å². The summed E-state index contributed by atoms with van der Waals surface area (Å²) in [5, 5.41) is 0. The minimum atomic E-state index is -2.58. The van der Waals surface area contributed by atoms with E-state index in [4.69, 9.17) is 0 Å². The highest BCUT2D eigenvalue weighted by Crippen LogP contribution is 2.38. The summed E-state index contributed by atoms with van der Waals surface area (Å²) in [6, 6.07) is 9.58. The maximum atomic E-state index is 14.0. The van der Waals surface area contributed by atoms with Crippen LogP contribution in [0.1, 0.15) is 26.3 Å². The predicted molar refractivity (Wildman–Crippen MR) is 69.9 cm³/mol. The third-order valence-electron chi connectivity index (χ3n) is 3.71. The van der Waals surface area contributed by atoms with Crippen molar-refractivity contribution in [2.75, 3.05) is 13.1 Å². The fourth-order valence-electron chi connectivity index (χ4n) is 2.47. The van der Waals surface area contributed by atoms with Gasteiger partial charge in [-0.2, -0.15) is 0 Å². The summed E-state index contributed by atoms with van der Waals surface area (Å²) in [4.78, 5) is 1.89. The first kappa shape index (κ1) is 13.5. The lowest BCUT2D eigenvalue weighted by molar-refractivity contribution is -0.0311. The molecule has 0 radical (unpaired) electrons. The quantitative estimate of drug-likeness (QED) is 0.778. The monoisotopic (exact) mass is 253 g/mol. The Morgan fingerprint density at radius 3 is 2.33 bits per heavy atom. The molecule has 1 atom stereocenters. The van der Waals surface area contributed by atoms with E-state index in [1.165, 1.54) is 0 Å². The van der Waals surface area contributed by atoms with E-state index in [1.54, 1.807) is 0 Å². The van der Waals surface area contributed by atoms with Gasteiger partial charge in [0.15, 0.2) is 0 Å². The predicted octanol–water partition coefficient (Wildman–Crippen LogP) is 3.59. The second kappa shape index (κ2) is 4.61. The third-order valence-corrected chi connectivity index (χ3v) is 3.71. The van der Waals surface area contributed by atoms with Gasteiger partial charge in [-0.3, -0.25) is 4.90 Å². The van der Waals surface area contributed by atoms with E-state index < -0.39 is 11.8 Å². The molecule has 0 amide bonds. The molecular weight excluding hydrogens is 232 g/mol. The van der Waals surface area contributed by atoms with Gasteiger partial charge in [0.1, 0.15) is 0 Å². The van der Waals surface area contributed by atoms with Gasteiger partial charge < -0.3 is 0 Å². The summed E-state index contributed by atoms with van der Waals surface area (Å²) in [7, 11) is 0. The van der Waals surface area contributed by atoms with Crippen LogP contribution < -0.4 is 0 Å². The second-order valence-electron chi connectivity index (χ2n) is 6.20. The smallest absolute Gasteiger partial charge is 0.264 e. The summed E-state index contributed by atoms with van der Waals surface area (Å²) in [6.07, 6.45) is 0.459. The second-order valence-corrected chi connectivity index (χ2v) is 6.20. The number of hydrogen-bond acceptors (Lipinski definition) is 1. The molecular formula is C15H21F2N. The van der Waals surface area contributed by atoms with Gasteiger partial charge >= 0.3 is 0 Å². The molecule has 0 aromatic heterocycles. The minimum Gasteiger partial charge on any atom is -0.292 e. The summed E-state index contributed by atoms with van der Waals surface area (Å²) in [5.74, 6) is -3.15. The van der Waals surface area contributed by atoms with Crippen molar-refractivity contribution in [2.24, 2.45) is 5.92 Å². The van der Waals surface area contributed by atoms with E-state index in [-0.39, 0.29) is 12.1 Å². The number of hydrogen-bond donors (Lipinski definition) is 0. The normalized spacial score (nSPS) is 24.4. The minimum absolute atomic E-state index is 0.117. The lowest BCUT2D eigenvalue weighted by Gasteiger charge is -2.31. The zero-order chi connectivity index (χ0) is 13.4. The van der Waals surface area contributed by atoms with Gasteiger partial charge in [0, 0.05) is 18.0 Å². The Bertz CT molecular complexity index is 395. The molecule has 1 aromatic rings. The molecule has 1 saturated heterocycles. The number of halogens is 2. The van der Waals surface area contributed by atoms with Crippen molar-refractivity contribution in [3.63, 3.8) is 0 Å². The molecule has 0 N–H and O–H groups in total. The van der Waals surface area contributed by atoms with Crippen molar-refractivity contribution in [2.45, 2.75) is 38.7 Å². The SMILES string of the molecule is CC(C)(C)N1CC(Cc2ccccc2)C(F)(F)C1. The molecule has 1 aliphatic heterocycles. The molecule has 18 heavy (non-hydrogen) atoms. The van der Waals surface area contributed by atoms with E-state index in [0.717, 1.165) is 5.56 Å². The Kier molecular flexibility index (Phi) is 3.45. The van der Waals surface area contributed by atoms with Crippen molar-refractivity contribution in [3.8, 4) is 0 Å². The molecule has 1 nitrogen and oxygen atoms in total. The van der Waals surface area contributed by atoms with Gasteiger partial charge in [0.05, 0.1) is 6.54 Å². The Morgan fingerprint density at radius 2 is 1.83 bits per heavy atom. The molecule has 1 fully saturated rings. The molecule has 2 rings (SSSR count). The van der Waals surface area contributed by atoms with Crippen LogP contribution >= 0.6 is 0 Å². The molecule has 0 bridgehead atoms. The first-order chi connectivity index (χ1) is 8.29. The Balaban J connectivity index is 2.09. The molecule has 1 aliphatic rings. The largest absolute Gasteiger partial charge is 0.292 e. The van der Waals surface area contributed by atoms with Gasteiger partial charge in [-0.25, -0.2) is 8.78 Å². The number of benzene rings is 1. The molecule has 3 heteroatoms. The Morgan fingerprint density at radius 1 is 1.22 bits per heavy atom. The standard InChI is InChI=1S/C15H21F2N/c1-14(2,3)18-10-13(15(16,17)11-18)9-12-7-5-4-6-8-12/h4-8,13H,9-11H2,1-3H3. The van der Waals surface area contributed by atoms with Gasteiger partial charge in [0.2, 0.25) is 0 Å². The molecule has 1 unspecified atom stereocenters. The van der Waals surface area contributed by atoms with Crippen molar-refractivity contribution >= 4 is 0 Å². The van der Waals surface area contributed by atoms with E-state index in [2.05, 4.69) is 0 Å². The average molecular weight is 253 g/mol. The van der Waals surface area contributed by atoms with Crippen molar-refractivity contribution in [1.82, 2.24) is 4.90 Å². The van der Waals surface area contributed by atoms with Crippen LogP contribution in [0.2, 0.25) is 0 Å². The highest BCUT2D eigenvalue weighted by atomic mass is 19.3. The van der Waals surface area contributed by atoms with Crippen LogP contribution in [0.5, 0.6) is 0 Å². The first-order valence-electron chi connectivity index (χ1n) is 6.46. The topological polar surface area (TPSA) is 3.24 Å². The molecule has 100 valence electrons. The van der Waals surface area contributed by atoms with Crippen LogP contribution in [0.3, 0.4) is 0 Å². The number of nitrogens with zero attached hydrogens (tertiary/aromatic N) is 1. The van der Waals surface area contributed by atoms with Crippen LogP contribution in [0.15, 0.2) is 30.3 Å². The van der Waals surface area contributed by atoms with Gasteiger partial charge in [-0.1, -0.05) is 30.3 Å². The highest BCUT2D eigenvalue weighted by Gasteiger charge is 2.50. The Hall–Kier alpha value is -0.960. The highest BCUT2D eigenvalue weighted by molar-refractivity contribution is 5.16. The average Bonchev–Trinajstić information content (AvgIpc) is 2.56. The number of rotatable bonds is 2. The van der Waals surface area contributed by atoms with Crippen molar-refractivity contribution < 1.29 is 8.78 Å². The maximum absolute atomic E-state index is 14.0. The number of alkyl halides is 2. The van der Waals surface area contributed by atoms with Crippen LogP contribution in [-0.2, 0) is 6.42 Å². The van der Waals surface area contributed by atoms with Crippen molar-refractivity contribution in [3.05, 3.63) is 35.9 Å². The van der Waals surface area contributed by atoms with E-state index in [1.807, 2.05) is 56.0 Å². The lowest BCUT2D eigenvalue weighted by atomic mass is 9.96. The fourth-order valence-corrected chi connectivity index (χ4v) is 2.47. The van der Waals surface area contributed by atoms with Gasteiger partial charge in [0.25, 0.3) is 5.92 Å². The van der Waals surface area contributed by atoms with Gasteiger partial charge in [-0.05, 0) is 32.8 Å². The molecule has 1 heterocycles. The summed E-state index contributed by atoms with van der Waals surface area (Å²) in [5.41, 5.74) is 0.812. The zero-order valence-electron chi connectivity index (χ0n) is 11.3. The lowest BCUT2D eigenvalue weighted by Crippen LogP contribution is -2.40.